The maximum Gasteiger partial charge on any atom is 0.224 e. The molecule has 0 bridgehead atoms. The Kier molecular flexibility index (Phi) is 7.20. The van der Waals surface area contributed by atoms with Gasteiger partial charge in [-0.15, -0.1) is 0 Å². The number of aryl methyl sites for hydroxylation is 1. The zero-order valence-corrected chi connectivity index (χ0v) is 20.6. The molecule has 0 radical (unpaired) electrons. The number of piperidine rings is 2. The highest BCUT2D eigenvalue weighted by molar-refractivity contribution is 5.96. The molecule has 4 rings (SSSR count). The molecule has 2 fully saturated rings. The summed E-state index contributed by atoms with van der Waals surface area (Å²) in [4.78, 5) is 34.1. The first-order valence-electron chi connectivity index (χ1n) is 12.5. The largest absolute Gasteiger partial charge is 0.356 e. The number of hydrogen-bond acceptors (Lipinski definition) is 4. The average Bonchev–Trinajstić information content (AvgIpc) is 2.77. The quantitative estimate of drug-likeness (QED) is 0.696. The topological polar surface area (TPSA) is 65.5 Å². The number of carbonyl (C=O) groups is 2. The second kappa shape index (κ2) is 10.1. The SMILES string of the molecule is Cc1cc(N2CC(C)CC(C)C2)nc2ccc(NC(=O)CCC(=O)N3CCC(C)CC3)cc12. The van der Waals surface area contributed by atoms with Gasteiger partial charge in [-0.1, -0.05) is 20.8 Å². The summed E-state index contributed by atoms with van der Waals surface area (Å²) < 4.78 is 0. The van der Waals surface area contributed by atoms with Crippen LogP contribution in [0.1, 0.15) is 58.4 Å². The second-order valence-electron chi connectivity index (χ2n) is 10.5. The van der Waals surface area contributed by atoms with Crippen LogP contribution in [0.4, 0.5) is 11.5 Å². The van der Waals surface area contributed by atoms with Crippen molar-refractivity contribution in [3.63, 3.8) is 0 Å². The Morgan fingerprint density at radius 1 is 1.00 bits per heavy atom. The lowest BCUT2D eigenvalue weighted by atomic mass is 9.92. The van der Waals surface area contributed by atoms with E-state index in [-0.39, 0.29) is 24.7 Å². The lowest BCUT2D eigenvalue weighted by molar-refractivity contribution is -0.134. The second-order valence-corrected chi connectivity index (χ2v) is 10.5. The van der Waals surface area contributed by atoms with E-state index in [0.29, 0.717) is 17.8 Å². The third-order valence-corrected chi connectivity index (χ3v) is 7.18. The van der Waals surface area contributed by atoms with Crippen LogP contribution in [0.25, 0.3) is 10.9 Å². The first-order chi connectivity index (χ1) is 15.8. The molecule has 1 N–H and O–H groups in total. The molecule has 0 aliphatic carbocycles. The summed E-state index contributed by atoms with van der Waals surface area (Å²) in [5.41, 5.74) is 2.86. The van der Waals surface area contributed by atoms with Crippen LogP contribution in [0.15, 0.2) is 24.3 Å². The van der Waals surface area contributed by atoms with Crippen molar-refractivity contribution in [1.29, 1.82) is 0 Å². The number of anilines is 2. The van der Waals surface area contributed by atoms with E-state index in [9.17, 15) is 9.59 Å². The maximum atomic E-state index is 12.5. The van der Waals surface area contributed by atoms with Gasteiger partial charge in [0.25, 0.3) is 0 Å². The summed E-state index contributed by atoms with van der Waals surface area (Å²) in [5.74, 6) is 3.05. The summed E-state index contributed by atoms with van der Waals surface area (Å²) in [6, 6.07) is 8.05. The van der Waals surface area contributed by atoms with E-state index in [1.807, 2.05) is 23.1 Å². The molecule has 2 atom stereocenters. The van der Waals surface area contributed by atoms with E-state index < -0.39 is 0 Å². The summed E-state index contributed by atoms with van der Waals surface area (Å²) in [6.07, 6.45) is 3.86. The molecule has 178 valence electrons. The fourth-order valence-electron chi connectivity index (χ4n) is 5.33. The predicted octanol–water partition coefficient (Wildman–Crippen LogP) is 5.00. The number of likely N-dealkylation sites (tertiary alicyclic amines) is 1. The molecular weight excluding hydrogens is 412 g/mol. The molecule has 2 aromatic rings. The van der Waals surface area contributed by atoms with Crippen molar-refractivity contribution in [2.24, 2.45) is 17.8 Å². The molecule has 0 spiro atoms. The third-order valence-electron chi connectivity index (χ3n) is 7.18. The minimum atomic E-state index is -0.119. The van der Waals surface area contributed by atoms with Gasteiger partial charge in [0, 0.05) is 50.1 Å². The lowest BCUT2D eigenvalue weighted by Gasteiger charge is -2.36. The summed E-state index contributed by atoms with van der Waals surface area (Å²) in [7, 11) is 0. The number of carbonyl (C=O) groups excluding carboxylic acids is 2. The van der Waals surface area contributed by atoms with Crippen LogP contribution >= 0.6 is 0 Å². The molecule has 6 heteroatoms. The molecule has 6 nitrogen and oxygen atoms in total. The molecule has 2 aliphatic rings. The summed E-state index contributed by atoms with van der Waals surface area (Å²) in [5, 5.41) is 4.02. The van der Waals surface area contributed by atoms with Gasteiger partial charge in [0.15, 0.2) is 0 Å². The summed E-state index contributed by atoms with van der Waals surface area (Å²) >= 11 is 0. The minimum absolute atomic E-state index is 0.0875. The van der Waals surface area contributed by atoms with E-state index in [1.165, 1.54) is 6.42 Å². The van der Waals surface area contributed by atoms with Crippen LogP contribution in [0.5, 0.6) is 0 Å². The fourth-order valence-corrected chi connectivity index (χ4v) is 5.33. The lowest BCUT2D eigenvalue weighted by Crippen LogP contribution is -2.39. The molecule has 0 saturated carbocycles. The number of rotatable bonds is 5. The van der Waals surface area contributed by atoms with Crippen LogP contribution in [0.2, 0.25) is 0 Å². The smallest absolute Gasteiger partial charge is 0.224 e. The van der Waals surface area contributed by atoms with Crippen molar-refractivity contribution < 1.29 is 9.59 Å². The van der Waals surface area contributed by atoms with Crippen molar-refractivity contribution in [1.82, 2.24) is 9.88 Å². The minimum Gasteiger partial charge on any atom is -0.356 e. The van der Waals surface area contributed by atoms with E-state index in [4.69, 9.17) is 4.98 Å². The normalized spacial score (nSPS) is 21.9. The Balaban J connectivity index is 1.38. The van der Waals surface area contributed by atoms with Gasteiger partial charge in [0.1, 0.15) is 5.82 Å². The molecule has 2 unspecified atom stereocenters. The van der Waals surface area contributed by atoms with Crippen molar-refractivity contribution in [3.05, 3.63) is 29.8 Å². The standard InChI is InChI=1S/C27H38N4O2/c1-18-9-11-30(12-10-18)27(33)8-7-26(32)28-22-5-6-24-23(15-22)21(4)14-25(29-24)31-16-19(2)13-20(3)17-31/h5-6,14-15,18-20H,7-13,16-17H2,1-4H3,(H,28,32). The van der Waals surface area contributed by atoms with Gasteiger partial charge in [-0.05, 0) is 73.8 Å². The van der Waals surface area contributed by atoms with E-state index in [2.05, 4.69) is 44.0 Å². The summed E-state index contributed by atoms with van der Waals surface area (Å²) in [6.45, 7) is 12.7. The number of nitrogens with one attached hydrogen (secondary N) is 1. The monoisotopic (exact) mass is 450 g/mol. The highest BCUT2D eigenvalue weighted by atomic mass is 16.2. The zero-order valence-electron chi connectivity index (χ0n) is 20.6. The first kappa shape index (κ1) is 23.5. The number of benzene rings is 1. The van der Waals surface area contributed by atoms with Gasteiger partial charge in [-0.3, -0.25) is 9.59 Å². The molecule has 33 heavy (non-hydrogen) atoms. The van der Waals surface area contributed by atoms with Gasteiger partial charge >= 0.3 is 0 Å². The van der Waals surface area contributed by atoms with Gasteiger partial charge in [0.05, 0.1) is 5.52 Å². The van der Waals surface area contributed by atoms with Gasteiger partial charge in [0.2, 0.25) is 11.8 Å². The Morgan fingerprint density at radius 2 is 1.70 bits per heavy atom. The van der Waals surface area contributed by atoms with Gasteiger partial charge in [-0.25, -0.2) is 4.98 Å². The molecular formula is C27H38N4O2. The Labute approximate surface area is 197 Å². The maximum absolute atomic E-state index is 12.5. The van der Waals surface area contributed by atoms with Crippen LogP contribution in [0, 0.1) is 24.7 Å². The number of amides is 2. The average molecular weight is 451 g/mol. The van der Waals surface area contributed by atoms with Crippen molar-refractivity contribution in [2.75, 3.05) is 36.4 Å². The van der Waals surface area contributed by atoms with Crippen LogP contribution < -0.4 is 10.2 Å². The first-order valence-corrected chi connectivity index (χ1v) is 12.5. The van der Waals surface area contributed by atoms with E-state index in [1.54, 1.807) is 0 Å². The number of hydrogen-bond donors (Lipinski definition) is 1. The Hall–Kier alpha value is -2.63. The zero-order chi connectivity index (χ0) is 23.5. The van der Waals surface area contributed by atoms with E-state index >= 15 is 0 Å². The van der Waals surface area contributed by atoms with Crippen molar-refractivity contribution in [2.45, 2.75) is 59.8 Å². The Bertz CT molecular complexity index is 1000. The molecule has 2 amide bonds. The number of aromatic nitrogens is 1. The third kappa shape index (κ3) is 5.84. The highest BCUT2D eigenvalue weighted by Crippen LogP contribution is 2.29. The Morgan fingerprint density at radius 3 is 2.39 bits per heavy atom. The highest BCUT2D eigenvalue weighted by Gasteiger charge is 2.23. The number of nitrogens with zero attached hydrogens (tertiary/aromatic N) is 3. The predicted molar refractivity (Wildman–Crippen MR) is 134 cm³/mol. The van der Waals surface area contributed by atoms with E-state index in [0.717, 1.165) is 67.0 Å². The van der Waals surface area contributed by atoms with Crippen LogP contribution in [-0.2, 0) is 9.59 Å². The van der Waals surface area contributed by atoms with Gasteiger partial charge in [-0.2, -0.15) is 0 Å². The number of pyridine rings is 1. The fraction of sp³-hybridized carbons (Fsp3) is 0.593. The molecule has 2 aliphatic heterocycles. The van der Waals surface area contributed by atoms with Crippen LogP contribution in [-0.4, -0.2) is 47.9 Å². The molecule has 1 aromatic heterocycles. The van der Waals surface area contributed by atoms with Crippen LogP contribution in [0.3, 0.4) is 0 Å². The molecule has 1 aromatic carbocycles. The van der Waals surface area contributed by atoms with Crippen molar-refractivity contribution >= 4 is 34.2 Å². The molecule has 3 heterocycles. The number of fused-ring (bicyclic) bond motifs is 1. The molecule has 2 saturated heterocycles. The van der Waals surface area contributed by atoms with Crippen molar-refractivity contribution in [3.8, 4) is 0 Å². The van der Waals surface area contributed by atoms with Gasteiger partial charge < -0.3 is 15.1 Å².